The molecule has 0 amide bonds. The largest absolute Gasteiger partial charge is 0.324 e. The van der Waals surface area contributed by atoms with Crippen molar-refractivity contribution in [2.75, 3.05) is 0 Å². The number of nitrogens with two attached hydrogens (primary N) is 1. The molecule has 102 valence electrons. The van der Waals surface area contributed by atoms with Crippen LogP contribution in [-0.4, -0.2) is 0 Å². The van der Waals surface area contributed by atoms with E-state index in [9.17, 15) is 0 Å². The van der Waals surface area contributed by atoms with Gasteiger partial charge in [-0.05, 0) is 28.9 Å². The van der Waals surface area contributed by atoms with Gasteiger partial charge in [0, 0.05) is 6.04 Å². The summed E-state index contributed by atoms with van der Waals surface area (Å²) in [6, 6.07) is 9.02. The summed E-state index contributed by atoms with van der Waals surface area (Å²) in [5, 5.41) is 0. The standard InChI is InChI=1S/C17H29N/c1-6-7-13(2)12-16(18)14-8-10-15(11-9-14)17(3,4)5/h8-11,13,16H,6-7,12,18H2,1-5H3. The molecule has 1 aromatic rings. The Labute approximate surface area is 113 Å². The van der Waals surface area contributed by atoms with Crippen LogP contribution in [0, 0.1) is 5.92 Å². The van der Waals surface area contributed by atoms with E-state index in [1.807, 2.05) is 0 Å². The minimum absolute atomic E-state index is 0.181. The first-order valence-corrected chi connectivity index (χ1v) is 7.20. The van der Waals surface area contributed by atoms with Crippen molar-refractivity contribution in [3.8, 4) is 0 Å². The molecule has 0 heterocycles. The number of rotatable bonds is 5. The maximum absolute atomic E-state index is 6.29. The lowest BCUT2D eigenvalue weighted by atomic mass is 9.85. The molecule has 0 saturated carbocycles. The van der Waals surface area contributed by atoms with Crippen molar-refractivity contribution < 1.29 is 0 Å². The molecule has 0 aliphatic carbocycles. The van der Waals surface area contributed by atoms with Crippen molar-refractivity contribution in [3.63, 3.8) is 0 Å². The first-order chi connectivity index (χ1) is 8.34. The van der Waals surface area contributed by atoms with Gasteiger partial charge in [0.05, 0.1) is 0 Å². The molecule has 0 bridgehead atoms. The Hall–Kier alpha value is -0.820. The summed E-state index contributed by atoms with van der Waals surface area (Å²) in [7, 11) is 0. The van der Waals surface area contributed by atoms with E-state index in [2.05, 4.69) is 58.9 Å². The molecule has 1 rings (SSSR count). The first kappa shape index (κ1) is 15.2. The molecule has 0 aromatic heterocycles. The van der Waals surface area contributed by atoms with Gasteiger partial charge >= 0.3 is 0 Å². The van der Waals surface area contributed by atoms with Crippen LogP contribution in [0.3, 0.4) is 0 Å². The highest BCUT2D eigenvalue weighted by Crippen LogP contribution is 2.26. The van der Waals surface area contributed by atoms with Crippen molar-refractivity contribution in [2.45, 2.75) is 65.3 Å². The Morgan fingerprint density at radius 1 is 1.11 bits per heavy atom. The van der Waals surface area contributed by atoms with Crippen LogP contribution in [-0.2, 0) is 5.41 Å². The third-order valence-electron chi connectivity index (χ3n) is 3.64. The summed E-state index contributed by atoms with van der Waals surface area (Å²) >= 11 is 0. The number of benzene rings is 1. The summed E-state index contributed by atoms with van der Waals surface area (Å²) < 4.78 is 0. The lowest BCUT2D eigenvalue weighted by Gasteiger charge is -2.21. The highest BCUT2D eigenvalue weighted by Gasteiger charge is 2.15. The van der Waals surface area contributed by atoms with E-state index in [0.717, 1.165) is 6.42 Å². The SMILES string of the molecule is CCCC(C)CC(N)c1ccc(C(C)(C)C)cc1. The van der Waals surface area contributed by atoms with E-state index in [4.69, 9.17) is 5.73 Å². The van der Waals surface area contributed by atoms with E-state index in [1.165, 1.54) is 24.0 Å². The van der Waals surface area contributed by atoms with Crippen LogP contribution >= 0.6 is 0 Å². The number of hydrogen-bond donors (Lipinski definition) is 1. The van der Waals surface area contributed by atoms with E-state index in [1.54, 1.807) is 0 Å². The Bertz CT molecular complexity index is 345. The van der Waals surface area contributed by atoms with E-state index >= 15 is 0 Å². The molecule has 0 saturated heterocycles. The van der Waals surface area contributed by atoms with Gasteiger partial charge in [-0.25, -0.2) is 0 Å². The smallest absolute Gasteiger partial charge is 0.0297 e. The molecular formula is C17H29N. The zero-order valence-electron chi connectivity index (χ0n) is 12.7. The van der Waals surface area contributed by atoms with Gasteiger partial charge in [0.1, 0.15) is 0 Å². The Balaban J connectivity index is 2.67. The molecule has 18 heavy (non-hydrogen) atoms. The van der Waals surface area contributed by atoms with Crippen molar-refractivity contribution in [1.82, 2.24) is 0 Å². The van der Waals surface area contributed by atoms with Gasteiger partial charge in [0.25, 0.3) is 0 Å². The topological polar surface area (TPSA) is 26.0 Å². The summed E-state index contributed by atoms with van der Waals surface area (Å²) in [6.07, 6.45) is 3.60. The highest BCUT2D eigenvalue weighted by atomic mass is 14.6. The molecule has 1 nitrogen and oxygen atoms in total. The van der Waals surface area contributed by atoms with Gasteiger partial charge in [-0.2, -0.15) is 0 Å². The molecular weight excluding hydrogens is 218 g/mol. The third-order valence-corrected chi connectivity index (χ3v) is 3.64. The van der Waals surface area contributed by atoms with Crippen LogP contribution in [0.25, 0.3) is 0 Å². The molecule has 0 fully saturated rings. The van der Waals surface area contributed by atoms with Gasteiger partial charge in [-0.15, -0.1) is 0 Å². The maximum atomic E-state index is 6.29. The predicted molar refractivity (Wildman–Crippen MR) is 80.8 cm³/mol. The minimum Gasteiger partial charge on any atom is -0.324 e. The fourth-order valence-corrected chi connectivity index (χ4v) is 2.41. The Morgan fingerprint density at radius 2 is 1.67 bits per heavy atom. The zero-order chi connectivity index (χ0) is 13.8. The fraction of sp³-hybridized carbons (Fsp3) is 0.647. The Morgan fingerprint density at radius 3 is 2.11 bits per heavy atom. The molecule has 0 aliphatic rings. The molecule has 0 radical (unpaired) electrons. The van der Waals surface area contributed by atoms with Crippen molar-refractivity contribution in [2.24, 2.45) is 11.7 Å². The van der Waals surface area contributed by atoms with Gasteiger partial charge < -0.3 is 5.73 Å². The van der Waals surface area contributed by atoms with Gasteiger partial charge in [-0.3, -0.25) is 0 Å². The molecule has 0 aliphatic heterocycles. The number of hydrogen-bond acceptors (Lipinski definition) is 1. The van der Waals surface area contributed by atoms with Crippen LogP contribution in [0.15, 0.2) is 24.3 Å². The summed E-state index contributed by atoms with van der Waals surface area (Å²) in [5.41, 5.74) is 9.15. The molecule has 1 heteroatoms. The van der Waals surface area contributed by atoms with Gasteiger partial charge in [0.15, 0.2) is 0 Å². The second-order valence-corrected chi connectivity index (χ2v) is 6.61. The molecule has 2 N–H and O–H groups in total. The van der Waals surface area contributed by atoms with Gasteiger partial charge in [0.2, 0.25) is 0 Å². The second kappa shape index (κ2) is 6.38. The average Bonchev–Trinajstić information content (AvgIpc) is 2.28. The van der Waals surface area contributed by atoms with Gasteiger partial charge in [-0.1, -0.05) is 71.7 Å². The average molecular weight is 247 g/mol. The lowest BCUT2D eigenvalue weighted by Crippen LogP contribution is -2.15. The van der Waals surface area contributed by atoms with Crippen LogP contribution in [0.4, 0.5) is 0 Å². The van der Waals surface area contributed by atoms with E-state index < -0.39 is 0 Å². The summed E-state index contributed by atoms with van der Waals surface area (Å²) in [5.74, 6) is 0.715. The van der Waals surface area contributed by atoms with E-state index in [0.29, 0.717) is 5.92 Å². The van der Waals surface area contributed by atoms with Crippen molar-refractivity contribution in [3.05, 3.63) is 35.4 Å². The molecule has 2 unspecified atom stereocenters. The Kier molecular flexibility index (Phi) is 5.40. The predicted octanol–water partition coefficient (Wildman–Crippen LogP) is 4.81. The zero-order valence-corrected chi connectivity index (χ0v) is 12.7. The molecule has 2 atom stereocenters. The molecule has 0 spiro atoms. The van der Waals surface area contributed by atoms with Crippen LogP contribution in [0.5, 0.6) is 0 Å². The normalized spacial score (nSPS) is 15.4. The van der Waals surface area contributed by atoms with Crippen molar-refractivity contribution >= 4 is 0 Å². The van der Waals surface area contributed by atoms with Crippen LogP contribution < -0.4 is 5.73 Å². The first-order valence-electron chi connectivity index (χ1n) is 7.20. The second-order valence-electron chi connectivity index (χ2n) is 6.61. The monoisotopic (exact) mass is 247 g/mol. The van der Waals surface area contributed by atoms with Crippen LogP contribution in [0.1, 0.15) is 71.0 Å². The quantitative estimate of drug-likeness (QED) is 0.794. The van der Waals surface area contributed by atoms with E-state index in [-0.39, 0.29) is 11.5 Å². The fourth-order valence-electron chi connectivity index (χ4n) is 2.41. The molecule has 1 aromatic carbocycles. The van der Waals surface area contributed by atoms with Crippen molar-refractivity contribution in [1.29, 1.82) is 0 Å². The summed E-state index contributed by atoms with van der Waals surface area (Å²) in [4.78, 5) is 0. The lowest BCUT2D eigenvalue weighted by molar-refractivity contribution is 0.440. The summed E-state index contributed by atoms with van der Waals surface area (Å²) in [6.45, 7) is 11.3. The third kappa shape index (κ3) is 4.45. The maximum Gasteiger partial charge on any atom is 0.0297 e. The minimum atomic E-state index is 0.181. The van der Waals surface area contributed by atoms with Crippen LogP contribution in [0.2, 0.25) is 0 Å². The highest BCUT2D eigenvalue weighted by molar-refractivity contribution is 5.29.